The van der Waals surface area contributed by atoms with Crippen molar-refractivity contribution in [3.8, 4) is 0 Å². The molecule has 0 amide bonds. The van der Waals surface area contributed by atoms with Gasteiger partial charge in [-0.1, -0.05) is 6.92 Å². The summed E-state index contributed by atoms with van der Waals surface area (Å²) in [6.07, 6.45) is 5.35. The van der Waals surface area contributed by atoms with Crippen LogP contribution in [0.4, 0.5) is 0 Å². The largest absolute Gasteiger partial charge is 0.292 e. The molecule has 0 aliphatic carbocycles. The molecule has 10 heavy (non-hydrogen) atoms. The summed E-state index contributed by atoms with van der Waals surface area (Å²) in [6, 6.07) is 0. The topological polar surface area (TPSA) is 24.7 Å². The second-order valence-corrected chi connectivity index (χ2v) is 2.51. The highest BCUT2D eigenvalue weighted by Gasteiger charge is 2.00. The number of aliphatic imine (C=N–C) groups is 2. The molecule has 1 heterocycles. The Morgan fingerprint density at radius 3 is 3.20 bits per heavy atom. The van der Waals surface area contributed by atoms with Crippen molar-refractivity contribution in [1.29, 1.82) is 0 Å². The van der Waals surface area contributed by atoms with Gasteiger partial charge in [0, 0.05) is 12.3 Å². The summed E-state index contributed by atoms with van der Waals surface area (Å²) in [7, 11) is 0. The summed E-state index contributed by atoms with van der Waals surface area (Å²) in [5, 5.41) is 0. The lowest BCUT2D eigenvalue weighted by Crippen LogP contribution is -2.09. The van der Waals surface area contributed by atoms with Crippen molar-refractivity contribution in [2.45, 2.75) is 26.2 Å². The normalized spacial score (nSPS) is 21.9. The zero-order valence-electron chi connectivity index (χ0n) is 6.51. The van der Waals surface area contributed by atoms with Crippen LogP contribution in [0.3, 0.4) is 0 Å². The standard InChI is InChI=1S/C8H14N2/c1-2-5-10-8-4-3-6-9-7-8/h6H,2-5,7H2,1H3. The average Bonchev–Trinajstić information content (AvgIpc) is 2.03. The van der Waals surface area contributed by atoms with E-state index in [1.165, 1.54) is 5.71 Å². The van der Waals surface area contributed by atoms with Gasteiger partial charge in [0.25, 0.3) is 0 Å². The van der Waals surface area contributed by atoms with E-state index < -0.39 is 0 Å². The van der Waals surface area contributed by atoms with Gasteiger partial charge >= 0.3 is 0 Å². The van der Waals surface area contributed by atoms with E-state index in [2.05, 4.69) is 16.9 Å². The molecule has 0 spiro atoms. The lowest BCUT2D eigenvalue weighted by molar-refractivity contribution is 0.911. The van der Waals surface area contributed by atoms with Crippen molar-refractivity contribution in [2.24, 2.45) is 9.98 Å². The van der Waals surface area contributed by atoms with Crippen LogP contribution in [0, 0.1) is 0 Å². The Balaban J connectivity index is 2.33. The van der Waals surface area contributed by atoms with Gasteiger partial charge in [-0.25, -0.2) is 0 Å². The predicted octanol–water partition coefficient (Wildman–Crippen LogP) is 1.70. The van der Waals surface area contributed by atoms with E-state index in [0.717, 1.165) is 32.4 Å². The Morgan fingerprint density at radius 2 is 2.60 bits per heavy atom. The highest BCUT2D eigenvalue weighted by molar-refractivity contribution is 5.91. The zero-order valence-corrected chi connectivity index (χ0v) is 6.51. The Morgan fingerprint density at radius 1 is 1.70 bits per heavy atom. The zero-order chi connectivity index (χ0) is 7.23. The molecule has 2 heteroatoms. The molecule has 0 bridgehead atoms. The maximum absolute atomic E-state index is 4.40. The lowest BCUT2D eigenvalue weighted by Gasteiger charge is -2.05. The molecule has 0 aromatic carbocycles. The van der Waals surface area contributed by atoms with Gasteiger partial charge in [0.15, 0.2) is 0 Å². The molecule has 1 aliphatic rings. The van der Waals surface area contributed by atoms with E-state index >= 15 is 0 Å². The Kier molecular flexibility index (Phi) is 3.13. The molecule has 0 N–H and O–H groups in total. The van der Waals surface area contributed by atoms with Crippen LogP contribution >= 0.6 is 0 Å². The summed E-state index contributed by atoms with van der Waals surface area (Å²) in [6.45, 7) is 3.97. The van der Waals surface area contributed by atoms with Crippen molar-refractivity contribution in [3.05, 3.63) is 0 Å². The first-order valence-electron chi connectivity index (χ1n) is 3.94. The van der Waals surface area contributed by atoms with Crippen LogP contribution in [0.25, 0.3) is 0 Å². The highest BCUT2D eigenvalue weighted by Crippen LogP contribution is 1.98. The third kappa shape index (κ3) is 2.29. The monoisotopic (exact) mass is 138 g/mol. The van der Waals surface area contributed by atoms with Crippen LogP contribution < -0.4 is 0 Å². The fourth-order valence-electron chi connectivity index (χ4n) is 0.970. The summed E-state index contributed by atoms with van der Waals surface area (Å²) in [5.74, 6) is 0. The van der Waals surface area contributed by atoms with Crippen molar-refractivity contribution < 1.29 is 0 Å². The average molecular weight is 138 g/mol. The van der Waals surface area contributed by atoms with Crippen molar-refractivity contribution in [3.63, 3.8) is 0 Å². The van der Waals surface area contributed by atoms with Crippen LogP contribution in [-0.4, -0.2) is 25.0 Å². The molecule has 0 atom stereocenters. The molecule has 0 saturated heterocycles. The molecule has 56 valence electrons. The molecular weight excluding hydrogens is 124 g/mol. The minimum Gasteiger partial charge on any atom is -0.292 e. The predicted molar refractivity (Wildman–Crippen MR) is 45.2 cm³/mol. The fourth-order valence-corrected chi connectivity index (χ4v) is 0.970. The van der Waals surface area contributed by atoms with Gasteiger partial charge in [0.1, 0.15) is 0 Å². The van der Waals surface area contributed by atoms with Gasteiger partial charge in [-0.2, -0.15) is 0 Å². The van der Waals surface area contributed by atoms with Crippen LogP contribution in [-0.2, 0) is 0 Å². The van der Waals surface area contributed by atoms with Crippen molar-refractivity contribution in [2.75, 3.05) is 13.1 Å². The summed E-state index contributed by atoms with van der Waals surface area (Å²) in [5.41, 5.74) is 1.28. The minimum absolute atomic E-state index is 0.847. The molecule has 0 radical (unpaired) electrons. The molecule has 0 saturated carbocycles. The van der Waals surface area contributed by atoms with E-state index in [1.807, 2.05) is 6.21 Å². The quantitative estimate of drug-likeness (QED) is 0.555. The third-order valence-electron chi connectivity index (χ3n) is 1.52. The maximum Gasteiger partial charge on any atom is 0.0764 e. The molecular formula is C8H14N2. The van der Waals surface area contributed by atoms with Crippen LogP contribution in [0.15, 0.2) is 9.98 Å². The van der Waals surface area contributed by atoms with E-state index in [4.69, 9.17) is 0 Å². The third-order valence-corrected chi connectivity index (χ3v) is 1.52. The van der Waals surface area contributed by atoms with Crippen molar-refractivity contribution >= 4 is 11.9 Å². The number of rotatable bonds is 2. The Labute approximate surface area is 62.1 Å². The molecule has 0 aromatic heterocycles. The second-order valence-electron chi connectivity index (χ2n) is 2.51. The number of hydrogen-bond donors (Lipinski definition) is 0. The van der Waals surface area contributed by atoms with Gasteiger partial charge in [-0.15, -0.1) is 0 Å². The maximum atomic E-state index is 4.40. The van der Waals surface area contributed by atoms with Gasteiger partial charge in [0.05, 0.1) is 6.54 Å². The highest BCUT2D eigenvalue weighted by atomic mass is 14.8. The number of hydrogen-bond acceptors (Lipinski definition) is 2. The van der Waals surface area contributed by atoms with Crippen LogP contribution in [0.1, 0.15) is 26.2 Å². The van der Waals surface area contributed by atoms with E-state index in [9.17, 15) is 0 Å². The molecule has 2 nitrogen and oxygen atoms in total. The van der Waals surface area contributed by atoms with E-state index in [-0.39, 0.29) is 0 Å². The lowest BCUT2D eigenvalue weighted by atomic mass is 10.2. The first-order chi connectivity index (χ1) is 4.93. The molecule has 0 unspecified atom stereocenters. The SMILES string of the molecule is CCCN=C1CCC=NC1. The molecule has 0 aromatic rings. The summed E-state index contributed by atoms with van der Waals surface area (Å²) >= 11 is 0. The summed E-state index contributed by atoms with van der Waals surface area (Å²) < 4.78 is 0. The fraction of sp³-hybridized carbons (Fsp3) is 0.750. The van der Waals surface area contributed by atoms with Gasteiger partial charge < -0.3 is 0 Å². The van der Waals surface area contributed by atoms with Crippen molar-refractivity contribution in [1.82, 2.24) is 0 Å². The molecule has 1 rings (SSSR count). The van der Waals surface area contributed by atoms with Gasteiger partial charge in [-0.05, 0) is 25.5 Å². The molecule has 0 fully saturated rings. The first-order valence-corrected chi connectivity index (χ1v) is 3.94. The van der Waals surface area contributed by atoms with E-state index in [1.54, 1.807) is 0 Å². The Bertz CT molecular complexity index is 147. The Hall–Kier alpha value is -0.660. The second kappa shape index (κ2) is 4.20. The summed E-state index contributed by atoms with van der Waals surface area (Å²) in [4.78, 5) is 8.56. The molecule has 1 aliphatic heterocycles. The first kappa shape index (κ1) is 7.45. The van der Waals surface area contributed by atoms with Gasteiger partial charge in [0.2, 0.25) is 0 Å². The minimum atomic E-state index is 0.847. The van der Waals surface area contributed by atoms with Crippen LogP contribution in [0.5, 0.6) is 0 Å². The number of nitrogens with zero attached hydrogens (tertiary/aromatic N) is 2. The van der Waals surface area contributed by atoms with Crippen LogP contribution in [0.2, 0.25) is 0 Å². The smallest absolute Gasteiger partial charge is 0.0764 e. The van der Waals surface area contributed by atoms with Gasteiger partial charge in [-0.3, -0.25) is 9.98 Å². The van der Waals surface area contributed by atoms with E-state index in [0.29, 0.717) is 0 Å².